The first kappa shape index (κ1) is 12.6. The maximum atomic E-state index is 13.4. The van der Waals surface area contributed by atoms with Gasteiger partial charge in [-0.3, -0.25) is 0 Å². The van der Waals surface area contributed by atoms with E-state index in [9.17, 15) is 9.50 Å². The van der Waals surface area contributed by atoms with Crippen molar-refractivity contribution in [2.45, 2.75) is 33.1 Å². The van der Waals surface area contributed by atoms with Gasteiger partial charge >= 0.3 is 0 Å². The monoisotopic (exact) mass is 248 g/mol. The minimum Gasteiger partial charge on any atom is -0.505 e. The highest BCUT2D eigenvalue weighted by Gasteiger charge is 2.19. The molecule has 0 bridgehead atoms. The van der Waals surface area contributed by atoms with Crippen LogP contribution in [0.3, 0.4) is 0 Å². The highest BCUT2D eigenvalue weighted by molar-refractivity contribution is 5.39. The zero-order chi connectivity index (χ0) is 13.5. The van der Waals surface area contributed by atoms with Crippen molar-refractivity contribution in [1.82, 2.24) is 9.55 Å². The molecule has 1 N–H and O–H groups in total. The molecule has 0 spiro atoms. The first-order valence-electron chi connectivity index (χ1n) is 5.84. The fraction of sp³-hybridized carbons (Fsp3) is 0.357. The summed E-state index contributed by atoms with van der Waals surface area (Å²) in [4.78, 5) is 4.49. The lowest BCUT2D eigenvalue weighted by Gasteiger charge is -2.14. The molecule has 0 aliphatic rings. The van der Waals surface area contributed by atoms with Crippen LogP contribution in [0.1, 0.15) is 32.3 Å². The first-order chi connectivity index (χ1) is 8.29. The number of phenolic OH excluding ortho intramolecular Hbond substituents is 1. The van der Waals surface area contributed by atoms with Crippen molar-refractivity contribution in [3.05, 3.63) is 41.7 Å². The topological polar surface area (TPSA) is 38.0 Å². The van der Waals surface area contributed by atoms with E-state index in [1.807, 2.05) is 17.7 Å². The Balaban J connectivity index is 2.51. The largest absolute Gasteiger partial charge is 0.505 e. The lowest BCUT2D eigenvalue weighted by atomic mass is 9.93. The Kier molecular flexibility index (Phi) is 2.89. The van der Waals surface area contributed by atoms with E-state index < -0.39 is 5.82 Å². The molecule has 4 heteroatoms. The number of phenols is 1. The molecular weight excluding hydrogens is 231 g/mol. The van der Waals surface area contributed by atoms with E-state index in [0.29, 0.717) is 5.69 Å². The van der Waals surface area contributed by atoms with Gasteiger partial charge in [-0.1, -0.05) is 20.8 Å². The molecule has 2 rings (SSSR count). The molecule has 0 atom stereocenters. The fourth-order valence-corrected chi connectivity index (χ4v) is 1.74. The summed E-state index contributed by atoms with van der Waals surface area (Å²) in [5.74, 6) is -0.171. The molecular formula is C14H17FN2O. The summed E-state index contributed by atoms with van der Waals surface area (Å²) in [6.07, 6.45) is 1.90. The van der Waals surface area contributed by atoms with Gasteiger partial charge in [0.05, 0.1) is 5.69 Å². The molecule has 2 aromatic rings. The van der Waals surface area contributed by atoms with Gasteiger partial charge in [0.15, 0.2) is 11.6 Å². The van der Waals surface area contributed by atoms with Crippen LogP contribution in [-0.4, -0.2) is 14.7 Å². The summed E-state index contributed by atoms with van der Waals surface area (Å²) < 4.78 is 15.2. The quantitative estimate of drug-likeness (QED) is 0.840. The van der Waals surface area contributed by atoms with Crippen LogP contribution in [-0.2, 0) is 5.41 Å². The standard InChI is InChI=1S/C14H17FN2O/c1-9-16-13(14(2,3)4)8-17(9)10-5-6-12(18)11(15)7-10/h5-8,18H,1-4H3. The maximum Gasteiger partial charge on any atom is 0.166 e. The number of hydrogen-bond acceptors (Lipinski definition) is 2. The molecule has 0 aliphatic carbocycles. The van der Waals surface area contributed by atoms with Crippen LogP contribution in [0.4, 0.5) is 4.39 Å². The van der Waals surface area contributed by atoms with Gasteiger partial charge in [0.25, 0.3) is 0 Å². The highest BCUT2D eigenvalue weighted by Crippen LogP contribution is 2.25. The Morgan fingerprint density at radius 1 is 1.28 bits per heavy atom. The third kappa shape index (κ3) is 2.23. The number of nitrogens with zero attached hydrogens (tertiary/aromatic N) is 2. The van der Waals surface area contributed by atoms with Crippen LogP contribution in [0.25, 0.3) is 5.69 Å². The number of hydrogen-bond donors (Lipinski definition) is 1. The van der Waals surface area contributed by atoms with E-state index in [4.69, 9.17) is 0 Å². The van der Waals surface area contributed by atoms with Crippen LogP contribution in [0, 0.1) is 12.7 Å². The van der Waals surface area contributed by atoms with E-state index in [0.717, 1.165) is 11.5 Å². The Morgan fingerprint density at radius 2 is 1.94 bits per heavy atom. The number of imidazole rings is 1. The molecule has 0 unspecified atom stereocenters. The Morgan fingerprint density at radius 3 is 2.44 bits per heavy atom. The van der Waals surface area contributed by atoms with Crippen molar-refractivity contribution in [3.63, 3.8) is 0 Å². The minimum absolute atomic E-state index is 0.0501. The zero-order valence-electron chi connectivity index (χ0n) is 11.0. The smallest absolute Gasteiger partial charge is 0.166 e. The van der Waals surface area contributed by atoms with Gasteiger partial charge in [-0.05, 0) is 19.1 Å². The van der Waals surface area contributed by atoms with Gasteiger partial charge in [0.1, 0.15) is 5.82 Å². The molecule has 0 saturated heterocycles. The van der Waals surface area contributed by atoms with Crippen LogP contribution in [0.2, 0.25) is 0 Å². The number of rotatable bonds is 1. The maximum absolute atomic E-state index is 13.4. The summed E-state index contributed by atoms with van der Waals surface area (Å²) in [6.45, 7) is 8.11. The molecule has 3 nitrogen and oxygen atoms in total. The zero-order valence-corrected chi connectivity index (χ0v) is 11.0. The molecule has 0 fully saturated rings. The van der Waals surface area contributed by atoms with E-state index in [1.165, 1.54) is 12.1 Å². The normalized spacial score (nSPS) is 11.8. The minimum atomic E-state index is -0.627. The Bertz CT molecular complexity index is 582. The highest BCUT2D eigenvalue weighted by atomic mass is 19.1. The van der Waals surface area contributed by atoms with Crippen molar-refractivity contribution < 1.29 is 9.50 Å². The van der Waals surface area contributed by atoms with Crippen LogP contribution in [0.5, 0.6) is 5.75 Å². The van der Waals surface area contributed by atoms with E-state index in [2.05, 4.69) is 25.8 Å². The summed E-state index contributed by atoms with van der Waals surface area (Å²) in [5, 5.41) is 9.19. The number of halogens is 1. The lowest BCUT2D eigenvalue weighted by molar-refractivity contribution is 0.432. The summed E-state index contributed by atoms with van der Waals surface area (Å²) in [6, 6.07) is 4.32. The summed E-state index contributed by atoms with van der Waals surface area (Å²) >= 11 is 0. The second-order valence-corrected chi connectivity index (χ2v) is 5.43. The van der Waals surface area contributed by atoms with Gasteiger partial charge in [-0.15, -0.1) is 0 Å². The predicted octanol–water partition coefficient (Wildman–Crippen LogP) is 3.32. The van der Waals surface area contributed by atoms with E-state index in [-0.39, 0.29) is 11.2 Å². The van der Waals surface area contributed by atoms with Crippen molar-refractivity contribution in [2.24, 2.45) is 0 Å². The number of aryl methyl sites for hydroxylation is 1. The number of aromatic nitrogens is 2. The Hall–Kier alpha value is -1.84. The Labute approximate surface area is 106 Å². The van der Waals surface area contributed by atoms with Crippen molar-refractivity contribution in [3.8, 4) is 11.4 Å². The molecule has 0 aliphatic heterocycles. The third-order valence-electron chi connectivity index (χ3n) is 2.86. The first-order valence-corrected chi connectivity index (χ1v) is 5.84. The van der Waals surface area contributed by atoms with Gasteiger partial charge in [0, 0.05) is 23.4 Å². The number of aromatic hydroxyl groups is 1. The molecule has 0 amide bonds. The molecule has 1 aromatic carbocycles. The van der Waals surface area contributed by atoms with Gasteiger partial charge in [-0.25, -0.2) is 9.37 Å². The van der Waals surface area contributed by atoms with E-state index in [1.54, 1.807) is 6.07 Å². The fourth-order valence-electron chi connectivity index (χ4n) is 1.74. The predicted molar refractivity (Wildman–Crippen MR) is 68.6 cm³/mol. The average molecular weight is 248 g/mol. The number of benzene rings is 1. The molecule has 1 heterocycles. The summed E-state index contributed by atoms with van der Waals surface area (Å²) in [5.41, 5.74) is 1.56. The average Bonchev–Trinajstić information content (AvgIpc) is 2.64. The van der Waals surface area contributed by atoms with Crippen molar-refractivity contribution >= 4 is 0 Å². The van der Waals surface area contributed by atoms with Gasteiger partial charge in [-0.2, -0.15) is 0 Å². The van der Waals surface area contributed by atoms with Gasteiger partial charge < -0.3 is 9.67 Å². The van der Waals surface area contributed by atoms with Crippen LogP contribution >= 0.6 is 0 Å². The van der Waals surface area contributed by atoms with Gasteiger partial charge in [0.2, 0.25) is 0 Å². The lowest BCUT2D eigenvalue weighted by Crippen LogP contribution is -2.11. The molecule has 1 aromatic heterocycles. The molecule has 0 saturated carbocycles. The van der Waals surface area contributed by atoms with Crippen LogP contribution < -0.4 is 0 Å². The molecule has 0 radical (unpaired) electrons. The summed E-state index contributed by atoms with van der Waals surface area (Å²) in [7, 11) is 0. The van der Waals surface area contributed by atoms with Crippen molar-refractivity contribution in [2.75, 3.05) is 0 Å². The third-order valence-corrected chi connectivity index (χ3v) is 2.86. The molecule has 18 heavy (non-hydrogen) atoms. The van der Waals surface area contributed by atoms with E-state index >= 15 is 0 Å². The second-order valence-electron chi connectivity index (χ2n) is 5.43. The molecule has 96 valence electrons. The van der Waals surface area contributed by atoms with Crippen LogP contribution in [0.15, 0.2) is 24.4 Å². The SMILES string of the molecule is Cc1nc(C(C)(C)C)cn1-c1ccc(O)c(F)c1. The van der Waals surface area contributed by atoms with Crippen molar-refractivity contribution in [1.29, 1.82) is 0 Å². The second kappa shape index (κ2) is 4.12.